The van der Waals surface area contributed by atoms with Gasteiger partial charge in [0.2, 0.25) is 0 Å². The highest BCUT2D eigenvalue weighted by atomic mass is 32.2. The third-order valence-corrected chi connectivity index (χ3v) is 6.52. The summed E-state index contributed by atoms with van der Waals surface area (Å²) in [6, 6.07) is 3.12. The van der Waals surface area contributed by atoms with Crippen LogP contribution in [0.4, 0.5) is 4.39 Å². The minimum Gasteiger partial charge on any atom is -0.494 e. The van der Waals surface area contributed by atoms with Crippen LogP contribution in [-0.2, 0) is 9.59 Å². The van der Waals surface area contributed by atoms with Gasteiger partial charge in [-0.1, -0.05) is 17.6 Å². The first kappa shape index (κ1) is 19.2. The Balaban J connectivity index is 1.86. The van der Waals surface area contributed by atoms with Gasteiger partial charge in [-0.05, 0) is 31.2 Å². The van der Waals surface area contributed by atoms with E-state index in [2.05, 4.69) is 15.8 Å². The zero-order valence-electron chi connectivity index (χ0n) is 14.5. The van der Waals surface area contributed by atoms with E-state index in [4.69, 9.17) is 9.84 Å². The van der Waals surface area contributed by atoms with Crippen LogP contribution < -0.4 is 4.74 Å². The molecule has 1 aliphatic heterocycles. The summed E-state index contributed by atoms with van der Waals surface area (Å²) in [6.45, 7) is 1.68. The maximum atomic E-state index is 14.7. The van der Waals surface area contributed by atoms with Crippen molar-refractivity contribution >= 4 is 50.8 Å². The molecule has 1 aliphatic rings. The standard InChI is InChI=1S/C18H15FN2O4S2/c1-9-20-10-4-5-12(25-2)16(19)15(10)17(21-9)26-8-11(22)13-6-7-14(18(23)24)27(13)3/h4-7H,3,8H2,1-2H3,(H,23,24). The van der Waals surface area contributed by atoms with Gasteiger partial charge in [0.15, 0.2) is 17.3 Å². The number of carboxylic acid groups (broad SMARTS) is 1. The number of hydrogen-bond acceptors (Lipinski definition) is 6. The van der Waals surface area contributed by atoms with E-state index < -0.39 is 22.3 Å². The molecule has 1 aromatic carbocycles. The Morgan fingerprint density at radius 1 is 1.30 bits per heavy atom. The number of allylic oxidation sites excluding steroid dienone is 3. The van der Waals surface area contributed by atoms with Gasteiger partial charge in [0.1, 0.15) is 10.9 Å². The lowest BCUT2D eigenvalue weighted by Crippen LogP contribution is -2.06. The van der Waals surface area contributed by atoms with Crippen molar-refractivity contribution in [1.29, 1.82) is 0 Å². The van der Waals surface area contributed by atoms with Crippen molar-refractivity contribution in [3.05, 3.63) is 45.7 Å². The van der Waals surface area contributed by atoms with Crippen LogP contribution in [0.3, 0.4) is 0 Å². The van der Waals surface area contributed by atoms with Crippen LogP contribution >= 0.6 is 22.2 Å². The average molecular weight is 406 g/mol. The minimum atomic E-state index is -1.09. The second-order valence-corrected chi connectivity index (χ2v) is 8.15. The minimum absolute atomic E-state index is 0.0200. The van der Waals surface area contributed by atoms with E-state index in [0.717, 1.165) is 11.8 Å². The van der Waals surface area contributed by atoms with Gasteiger partial charge in [0.25, 0.3) is 0 Å². The number of carboxylic acids is 1. The molecular formula is C18H15FN2O4S2. The van der Waals surface area contributed by atoms with E-state index in [1.807, 2.05) is 0 Å². The molecule has 2 heterocycles. The summed E-state index contributed by atoms with van der Waals surface area (Å²) in [5.74, 6) is 2.33. The summed E-state index contributed by atoms with van der Waals surface area (Å²) < 4.78 is 19.7. The predicted octanol–water partition coefficient (Wildman–Crippen LogP) is 3.31. The highest BCUT2D eigenvalue weighted by Crippen LogP contribution is 2.39. The van der Waals surface area contributed by atoms with Crippen molar-refractivity contribution in [1.82, 2.24) is 9.97 Å². The lowest BCUT2D eigenvalue weighted by molar-refractivity contribution is -0.131. The molecule has 2 aromatic rings. The largest absolute Gasteiger partial charge is 0.494 e. The lowest BCUT2D eigenvalue weighted by atomic mass is 10.2. The van der Waals surface area contributed by atoms with E-state index in [-0.39, 0.29) is 27.6 Å². The highest BCUT2D eigenvalue weighted by Gasteiger charge is 2.24. The van der Waals surface area contributed by atoms with Crippen molar-refractivity contribution in [3.63, 3.8) is 0 Å². The molecule has 9 heteroatoms. The maximum Gasteiger partial charge on any atom is 0.342 e. The number of aryl methyl sites for hydroxylation is 1. The average Bonchev–Trinajstić information content (AvgIpc) is 3.01. The van der Waals surface area contributed by atoms with Crippen molar-refractivity contribution in [3.8, 4) is 5.75 Å². The fourth-order valence-corrected chi connectivity index (χ4v) is 4.86. The van der Waals surface area contributed by atoms with Crippen molar-refractivity contribution in [2.45, 2.75) is 11.9 Å². The summed E-state index contributed by atoms with van der Waals surface area (Å²) in [7, 11) is 0.341. The molecule has 0 spiro atoms. The summed E-state index contributed by atoms with van der Waals surface area (Å²) >= 11 is 1.07. The molecule has 0 bridgehead atoms. The second kappa shape index (κ2) is 7.61. The van der Waals surface area contributed by atoms with Gasteiger partial charge in [-0.15, -0.1) is 10.5 Å². The quantitative estimate of drug-likeness (QED) is 0.447. The van der Waals surface area contributed by atoms with Crippen LogP contribution in [0.15, 0.2) is 39.1 Å². The number of carbonyl (C=O) groups is 2. The number of methoxy groups -OCH3 is 1. The van der Waals surface area contributed by atoms with Gasteiger partial charge in [-0.3, -0.25) is 4.79 Å². The molecule has 140 valence electrons. The Kier molecular flexibility index (Phi) is 5.43. The molecule has 0 saturated carbocycles. The van der Waals surface area contributed by atoms with Gasteiger partial charge < -0.3 is 9.84 Å². The van der Waals surface area contributed by atoms with Crippen LogP contribution in [0.1, 0.15) is 5.82 Å². The fraction of sp³-hybridized carbons (Fsp3) is 0.167. The SMILES string of the molecule is C=S1C(C(=O)O)=CC=C1C(=O)CSc1nc(C)nc2ccc(OC)c(F)c12. The first-order valence-electron chi connectivity index (χ1n) is 7.69. The van der Waals surface area contributed by atoms with Gasteiger partial charge in [-0.25, -0.2) is 19.2 Å². The Labute approximate surface area is 161 Å². The van der Waals surface area contributed by atoms with Crippen molar-refractivity contribution < 1.29 is 23.8 Å². The smallest absolute Gasteiger partial charge is 0.342 e. The molecule has 0 fully saturated rings. The molecule has 1 unspecified atom stereocenters. The van der Waals surface area contributed by atoms with Crippen LogP contribution in [0, 0.1) is 12.7 Å². The van der Waals surface area contributed by atoms with E-state index in [1.54, 1.807) is 13.0 Å². The Bertz CT molecular complexity index is 1060. The van der Waals surface area contributed by atoms with E-state index >= 15 is 0 Å². The Hall–Kier alpha value is -2.52. The number of ether oxygens (including phenoxy) is 1. The lowest BCUT2D eigenvalue weighted by Gasteiger charge is -2.10. The number of nitrogens with zero attached hydrogens (tertiary/aromatic N) is 2. The normalized spacial score (nSPS) is 16.2. The summed E-state index contributed by atoms with van der Waals surface area (Å²) in [5.41, 5.74) is 0.419. The molecule has 0 saturated heterocycles. The monoisotopic (exact) mass is 406 g/mol. The van der Waals surface area contributed by atoms with Gasteiger partial charge in [0, 0.05) is 4.91 Å². The summed E-state index contributed by atoms with van der Waals surface area (Å²) in [5, 5.41) is 9.62. The number of rotatable bonds is 6. The van der Waals surface area contributed by atoms with Crippen LogP contribution in [-0.4, -0.2) is 45.6 Å². The maximum absolute atomic E-state index is 14.7. The van der Waals surface area contributed by atoms with Gasteiger partial charge in [-0.2, -0.15) is 0 Å². The topological polar surface area (TPSA) is 89.4 Å². The number of carbonyl (C=O) groups excluding carboxylic acids is 1. The molecule has 0 radical (unpaired) electrons. The van der Waals surface area contributed by atoms with Crippen LogP contribution in [0.5, 0.6) is 5.75 Å². The highest BCUT2D eigenvalue weighted by molar-refractivity contribution is 8.22. The molecule has 6 nitrogen and oxygen atoms in total. The second-order valence-electron chi connectivity index (χ2n) is 5.52. The third-order valence-electron chi connectivity index (χ3n) is 3.81. The van der Waals surface area contributed by atoms with Gasteiger partial charge >= 0.3 is 5.97 Å². The molecule has 3 rings (SSSR count). The molecule has 1 N–H and O–H groups in total. The number of halogens is 1. The number of aromatic nitrogens is 2. The zero-order chi connectivity index (χ0) is 19.7. The first-order chi connectivity index (χ1) is 12.8. The molecule has 0 amide bonds. The number of ketones is 1. The summed E-state index contributed by atoms with van der Waals surface area (Å²) in [4.78, 5) is 32.6. The number of fused-ring (bicyclic) bond motifs is 1. The number of aliphatic carboxylic acids is 1. The predicted molar refractivity (Wildman–Crippen MR) is 105 cm³/mol. The molecular weight excluding hydrogens is 391 g/mol. The van der Waals surface area contributed by atoms with Crippen molar-refractivity contribution in [2.75, 3.05) is 12.9 Å². The van der Waals surface area contributed by atoms with Crippen LogP contribution in [0.2, 0.25) is 0 Å². The number of hydrogen-bond donors (Lipinski definition) is 1. The number of Topliss-reactive ketones (excluding diaryl/α,β-unsaturated/α-hetero) is 1. The number of benzene rings is 1. The Morgan fingerprint density at radius 3 is 2.63 bits per heavy atom. The first-order valence-corrected chi connectivity index (χ1v) is 10.1. The van der Waals surface area contributed by atoms with E-state index in [1.165, 1.54) is 25.3 Å². The Morgan fingerprint density at radius 2 is 2.00 bits per heavy atom. The van der Waals surface area contributed by atoms with E-state index in [9.17, 15) is 14.0 Å². The molecule has 1 aromatic heterocycles. The zero-order valence-corrected chi connectivity index (χ0v) is 16.1. The third kappa shape index (κ3) is 3.65. The van der Waals surface area contributed by atoms with E-state index in [0.29, 0.717) is 21.3 Å². The fourth-order valence-electron chi connectivity index (χ4n) is 2.55. The van der Waals surface area contributed by atoms with Crippen LogP contribution in [0.25, 0.3) is 10.9 Å². The number of thioether (sulfide) groups is 1. The molecule has 1 atom stereocenters. The molecule has 27 heavy (non-hydrogen) atoms. The molecule has 0 aliphatic carbocycles. The summed E-state index contributed by atoms with van der Waals surface area (Å²) in [6.07, 6.45) is 2.88. The van der Waals surface area contributed by atoms with Crippen molar-refractivity contribution in [2.24, 2.45) is 0 Å². The van der Waals surface area contributed by atoms with Gasteiger partial charge in [0.05, 0.1) is 28.7 Å².